The summed E-state index contributed by atoms with van der Waals surface area (Å²) in [6, 6.07) is 8.84. The van der Waals surface area contributed by atoms with Crippen LogP contribution >= 0.6 is 0 Å². The van der Waals surface area contributed by atoms with E-state index in [1.165, 1.54) is 60.9 Å². The van der Waals surface area contributed by atoms with Gasteiger partial charge in [-0.15, -0.1) is 0 Å². The summed E-state index contributed by atoms with van der Waals surface area (Å²) >= 11 is 0. The molecule has 1 aromatic carbocycles. The van der Waals surface area contributed by atoms with Crippen LogP contribution in [0.25, 0.3) is 10.8 Å². The van der Waals surface area contributed by atoms with Gasteiger partial charge in [-0.05, 0) is 55.3 Å². The van der Waals surface area contributed by atoms with Crippen LogP contribution < -0.4 is 0 Å². The molecule has 0 aliphatic carbocycles. The van der Waals surface area contributed by atoms with Gasteiger partial charge in [0.25, 0.3) is 0 Å². The minimum Gasteiger partial charge on any atom is -0.303 e. The second kappa shape index (κ2) is 6.57. The minimum absolute atomic E-state index is 0.477. The van der Waals surface area contributed by atoms with Crippen molar-refractivity contribution in [1.82, 2.24) is 9.88 Å². The van der Waals surface area contributed by atoms with Gasteiger partial charge in [-0.1, -0.05) is 38.5 Å². The Balaban J connectivity index is 1.87. The van der Waals surface area contributed by atoms with Gasteiger partial charge in [-0.2, -0.15) is 0 Å². The molecule has 112 valence electrons. The predicted octanol–water partition coefficient (Wildman–Crippen LogP) is 4.39. The molecule has 0 spiro atoms. The van der Waals surface area contributed by atoms with Gasteiger partial charge in [-0.25, -0.2) is 0 Å². The zero-order valence-electron chi connectivity index (χ0n) is 13.3. The first-order chi connectivity index (χ1) is 10.3. The zero-order chi connectivity index (χ0) is 14.7. The number of aromatic nitrogens is 1. The maximum absolute atomic E-state index is 4.65. The molecule has 2 nitrogen and oxygen atoms in total. The molecule has 1 fully saturated rings. The SMILES string of the molecule is CC(C)c1nccc2cccc(CCN3CCCCC3)c12. The highest BCUT2D eigenvalue weighted by atomic mass is 15.1. The minimum atomic E-state index is 0.477. The number of pyridine rings is 1. The van der Waals surface area contributed by atoms with E-state index < -0.39 is 0 Å². The van der Waals surface area contributed by atoms with Gasteiger partial charge in [0.2, 0.25) is 0 Å². The molecule has 1 aliphatic rings. The summed E-state index contributed by atoms with van der Waals surface area (Å²) in [5, 5.41) is 2.73. The third-order valence-electron chi connectivity index (χ3n) is 4.60. The van der Waals surface area contributed by atoms with E-state index in [-0.39, 0.29) is 0 Å². The van der Waals surface area contributed by atoms with Crippen molar-refractivity contribution in [3.05, 3.63) is 41.7 Å². The zero-order valence-corrected chi connectivity index (χ0v) is 13.3. The monoisotopic (exact) mass is 282 g/mol. The van der Waals surface area contributed by atoms with Crippen LogP contribution in [0, 0.1) is 0 Å². The van der Waals surface area contributed by atoms with Crippen molar-refractivity contribution in [2.45, 2.75) is 45.4 Å². The normalized spacial score (nSPS) is 16.7. The second-order valence-electron chi connectivity index (χ2n) is 6.52. The first-order valence-corrected chi connectivity index (χ1v) is 8.34. The van der Waals surface area contributed by atoms with Gasteiger partial charge >= 0.3 is 0 Å². The van der Waals surface area contributed by atoms with E-state index in [1.807, 2.05) is 6.20 Å². The van der Waals surface area contributed by atoms with Gasteiger partial charge in [0, 0.05) is 18.1 Å². The Morgan fingerprint density at radius 2 is 1.90 bits per heavy atom. The van der Waals surface area contributed by atoms with Gasteiger partial charge in [0.1, 0.15) is 0 Å². The van der Waals surface area contributed by atoms with Crippen molar-refractivity contribution in [2.75, 3.05) is 19.6 Å². The number of likely N-dealkylation sites (tertiary alicyclic amines) is 1. The van der Waals surface area contributed by atoms with Crippen molar-refractivity contribution in [3.63, 3.8) is 0 Å². The Kier molecular flexibility index (Phi) is 4.54. The Morgan fingerprint density at radius 1 is 1.10 bits per heavy atom. The molecule has 0 N–H and O–H groups in total. The number of nitrogens with zero attached hydrogens (tertiary/aromatic N) is 2. The highest BCUT2D eigenvalue weighted by molar-refractivity contribution is 5.88. The molecule has 0 amide bonds. The Bertz CT molecular complexity index is 592. The van der Waals surface area contributed by atoms with Gasteiger partial charge in [0.05, 0.1) is 5.69 Å². The van der Waals surface area contributed by atoms with Crippen molar-refractivity contribution in [2.24, 2.45) is 0 Å². The molecule has 2 heteroatoms. The van der Waals surface area contributed by atoms with Gasteiger partial charge in [0.15, 0.2) is 0 Å². The predicted molar refractivity (Wildman–Crippen MR) is 89.8 cm³/mol. The molecule has 0 bridgehead atoms. The molecule has 2 heterocycles. The Morgan fingerprint density at radius 3 is 2.67 bits per heavy atom. The van der Waals surface area contributed by atoms with Crippen LogP contribution in [-0.4, -0.2) is 29.5 Å². The first-order valence-electron chi connectivity index (χ1n) is 8.34. The summed E-state index contributed by atoms with van der Waals surface area (Å²) in [6.45, 7) is 8.22. The summed E-state index contributed by atoms with van der Waals surface area (Å²) < 4.78 is 0. The number of hydrogen-bond acceptors (Lipinski definition) is 2. The third kappa shape index (κ3) is 3.26. The lowest BCUT2D eigenvalue weighted by Crippen LogP contribution is -2.31. The topological polar surface area (TPSA) is 16.1 Å². The molecule has 3 rings (SSSR count). The van der Waals surface area contributed by atoms with Gasteiger partial charge < -0.3 is 4.90 Å². The van der Waals surface area contributed by atoms with E-state index in [0.29, 0.717) is 5.92 Å². The van der Waals surface area contributed by atoms with Crippen LogP contribution in [0.15, 0.2) is 30.5 Å². The number of piperidine rings is 1. The summed E-state index contributed by atoms with van der Waals surface area (Å²) in [4.78, 5) is 7.27. The summed E-state index contributed by atoms with van der Waals surface area (Å²) in [5.74, 6) is 0.477. The van der Waals surface area contributed by atoms with E-state index in [4.69, 9.17) is 0 Å². The lowest BCUT2D eigenvalue weighted by atomic mass is 9.96. The maximum atomic E-state index is 4.65. The van der Waals surface area contributed by atoms with E-state index >= 15 is 0 Å². The average molecular weight is 282 g/mol. The molecule has 0 radical (unpaired) electrons. The number of fused-ring (bicyclic) bond motifs is 1. The molecule has 0 atom stereocenters. The lowest BCUT2D eigenvalue weighted by molar-refractivity contribution is 0.231. The Labute approximate surface area is 128 Å². The fourth-order valence-corrected chi connectivity index (χ4v) is 3.44. The maximum Gasteiger partial charge on any atom is 0.0510 e. The second-order valence-corrected chi connectivity index (χ2v) is 6.52. The molecular weight excluding hydrogens is 256 g/mol. The summed E-state index contributed by atoms with van der Waals surface area (Å²) in [6.07, 6.45) is 7.24. The van der Waals surface area contributed by atoms with Crippen molar-refractivity contribution >= 4 is 10.8 Å². The number of benzene rings is 1. The highest BCUT2D eigenvalue weighted by Gasteiger charge is 2.13. The molecule has 0 unspecified atom stereocenters. The molecule has 1 aliphatic heterocycles. The van der Waals surface area contributed by atoms with Crippen LogP contribution in [0.1, 0.15) is 50.3 Å². The fourth-order valence-electron chi connectivity index (χ4n) is 3.44. The highest BCUT2D eigenvalue weighted by Crippen LogP contribution is 2.27. The first kappa shape index (κ1) is 14.5. The van der Waals surface area contributed by atoms with E-state index in [1.54, 1.807) is 0 Å². The van der Waals surface area contributed by atoms with Crippen molar-refractivity contribution in [3.8, 4) is 0 Å². The van der Waals surface area contributed by atoms with Crippen LogP contribution in [0.4, 0.5) is 0 Å². The molecule has 0 saturated carbocycles. The largest absolute Gasteiger partial charge is 0.303 e. The van der Waals surface area contributed by atoms with E-state index in [2.05, 4.69) is 48.0 Å². The fraction of sp³-hybridized carbons (Fsp3) is 0.526. The van der Waals surface area contributed by atoms with Crippen LogP contribution in [-0.2, 0) is 6.42 Å². The number of rotatable bonds is 4. The van der Waals surface area contributed by atoms with Crippen molar-refractivity contribution in [1.29, 1.82) is 0 Å². The molecule has 1 aromatic heterocycles. The summed E-state index contributed by atoms with van der Waals surface area (Å²) in [7, 11) is 0. The summed E-state index contributed by atoms with van der Waals surface area (Å²) in [5.41, 5.74) is 2.72. The quantitative estimate of drug-likeness (QED) is 0.827. The molecular formula is C19H26N2. The van der Waals surface area contributed by atoms with Gasteiger partial charge in [-0.3, -0.25) is 4.98 Å². The lowest BCUT2D eigenvalue weighted by Gasteiger charge is -2.26. The molecule has 2 aromatic rings. The van der Waals surface area contributed by atoms with Crippen LogP contribution in [0.3, 0.4) is 0 Å². The molecule has 1 saturated heterocycles. The Hall–Kier alpha value is -1.41. The third-order valence-corrected chi connectivity index (χ3v) is 4.60. The average Bonchev–Trinajstić information content (AvgIpc) is 2.53. The van der Waals surface area contributed by atoms with Crippen LogP contribution in [0.2, 0.25) is 0 Å². The molecule has 21 heavy (non-hydrogen) atoms. The van der Waals surface area contributed by atoms with E-state index in [0.717, 1.165) is 6.42 Å². The smallest absolute Gasteiger partial charge is 0.0510 e. The van der Waals surface area contributed by atoms with E-state index in [9.17, 15) is 0 Å². The standard InChI is InChI=1S/C19H26N2/c1-15(2)19-18-16(9-11-20-19)7-6-8-17(18)10-14-21-12-4-3-5-13-21/h6-9,11,15H,3-5,10,12-14H2,1-2H3. The number of hydrogen-bond donors (Lipinski definition) is 0. The van der Waals surface area contributed by atoms with Crippen LogP contribution in [0.5, 0.6) is 0 Å². The van der Waals surface area contributed by atoms with Crippen molar-refractivity contribution < 1.29 is 0 Å².